The van der Waals surface area contributed by atoms with Crippen molar-refractivity contribution in [3.8, 4) is 0 Å². The standard InChI is InChI=1S/C13H12BrFOS/c14-12-5-6-17-13(12)8-11(16)7-9-1-3-10(15)4-2-9/h1-6,11,16H,7-8H2. The number of hydrogen-bond acceptors (Lipinski definition) is 2. The van der Waals surface area contributed by atoms with Gasteiger partial charge in [0.25, 0.3) is 0 Å². The first-order valence-corrected chi connectivity index (χ1v) is 6.97. The number of thiophene rings is 1. The van der Waals surface area contributed by atoms with Crippen LogP contribution in [-0.2, 0) is 12.8 Å². The topological polar surface area (TPSA) is 20.2 Å². The van der Waals surface area contributed by atoms with Crippen molar-refractivity contribution in [2.24, 2.45) is 0 Å². The molecule has 0 saturated heterocycles. The van der Waals surface area contributed by atoms with Crippen molar-refractivity contribution >= 4 is 27.3 Å². The van der Waals surface area contributed by atoms with E-state index in [1.165, 1.54) is 12.1 Å². The molecule has 1 atom stereocenters. The van der Waals surface area contributed by atoms with Gasteiger partial charge in [0.2, 0.25) is 0 Å². The van der Waals surface area contributed by atoms with Gasteiger partial charge in [0.1, 0.15) is 5.82 Å². The summed E-state index contributed by atoms with van der Waals surface area (Å²) in [5, 5.41) is 12.0. The molecule has 1 unspecified atom stereocenters. The molecule has 90 valence electrons. The van der Waals surface area contributed by atoms with Crippen LogP contribution in [0, 0.1) is 5.82 Å². The Hall–Kier alpha value is -0.710. The Morgan fingerprint density at radius 2 is 1.88 bits per heavy atom. The lowest BCUT2D eigenvalue weighted by Crippen LogP contribution is -2.13. The lowest BCUT2D eigenvalue weighted by molar-refractivity contribution is 0.176. The zero-order valence-electron chi connectivity index (χ0n) is 9.07. The van der Waals surface area contributed by atoms with Gasteiger partial charge in [-0.05, 0) is 51.5 Å². The summed E-state index contributed by atoms with van der Waals surface area (Å²) in [5.41, 5.74) is 0.951. The predicted molar refractivity (Wildman–Crippen MR) is 71.8 cm³/mol. The Bertz CT molecular complexity index is 480. The number of halogens is 2. The fraction of sp³-hybridized carbons (Fsp3) is 0.231. The summed E-state index contributed by atoms with van der Waals surface area (Å²) in [7, 11) is 0. The molecule has 1 aromatic heterocycles. The van der Waals surface area contributed by atoms with Crippen LogP contribution in [0.1, 0.15) is 10.4 Å². The lowest BCUT2D eigenvalue weighted by Gasteiger charge is -2.09. The minimum Gasteiger partial charge on any atom is -0.392 e. The summed E-state index contributed by atoms with van der Waals surface area (Å²) in [5.74, 6) is -0.246. The third-order valence-electron chi connectivity index (χ3n) is 2.50. The summed E-state index contributed by atoms with van der Waals surface area (Å²) in [6.45, 7) is 0. The van der Waals surface area contributed by atoms with Crippen LogP contribution in [0.4, 0.5) is 4.39 Å². The van der Waals surface area contributed by atoms with E-state index >= 15 is 0 Å². The fourth-order valence-electron chi connectivity index (χ4n) is 1.65. The van der Waals surface area contributed by atoms with Gasteiger partial charge in [-0.1, -0.05) is 12.1 Å². The van der Waals surface area contributed by atoms with Gasteiger partial charge in [0, 0.05) is 15.8 Å². The Morgan fingerprint density at radius 1 is 1.18 bits per heavy atom. The van der Waals surface area contributed by atoms with Crippen LogP contribution in [0.2, 0.25) is 0 Å². The van der Waals surface area contributed by atoms with E-state index in [0.717, 1.165) is 14.9 Å². The number of benzene rings is 1. The van der Waals surface area contributed by atoms with Gasteiger partial charge < -0.3 is 5.11 Å². The van der Waals surface area contributed by atoms with Crippen LogP contribution in [-0.4, -0.2) is 11.2 Å². The minimum atomic E-state index is -0.435. The average molecular weight is 315 g/mol. The summed E-state index contributed by atoms with van der Waals surface area (Å²) >= 11 is 5.06. The summed E-state index contributed by atoms with van der Waals surface area (Å²) in [6.07, 6.45) is 0.732. The van der Waals surface area contributed by atoms with E-state index in [2.05, 4.69) is 15.9 Å². The van der Waals surface area contributed by atoms with E-state index in [9.17, 15) is 9.50 Å². The number of aliphatic hydroxyl groups is 1. The fourth-order valence-corrected chi connectivity index (χ4v) is 3.24. The van der Waals surface area contributed by atoms with E-state index in [-0.39, 0.29) is 5.82 Å². The molecule has 0 fully saturated rings. The molecule has 1 nitrogen and oxygen atoms in total. The molecule has 2 aromatic rings. The maximum atomic E-state index is 12.7. The van der Waals surface area contributed by atoms with Gasteiger partial charge in [-0.25, -0.2) is 4.39 Å². The molecule has 0 saturated carbocycles. The highest BCUT2D eigenvalue weighted by Gasteiger charge is 2.10. The molecule has 1 heterocycles. The van der Waals surface area contributed by atoms with Crippen LogP contribution < -0.4 is 0 Å². The van der Waals surface area contributed by atoms with Crippen molar-refractivity contribution < 1.29 is 9.50 Å². The van der Waals surface area contributed by atoms with E-state index in [1.807, 2.05) is 11.4 Å². The largest absolute Gasteiger partial charge is 0.392 e. The summed E-state index contributed by atoms with van der Waals surface area (Å²) in [6, 6.07) is 8.24. The van der Waals surface area contributed by atoms with Gasteiger partial charge in [0.05, 0.1) is 6.10 Å². The first-order valence-electron chi connectivity index (χ1n) is 5.29. The summed E-state index contributed by atoms with van der Waals surface area (Å²) < 4.78 is 13.8. The van der Waals surface area contributed by atoms with Crippen molar-refractivity contribution in [1.82, 2.24) is 0 Å². The third-order valence-corrected chi connectivity index (χ3v) is 4.45. The molecule has 0 radical (unpaired) electrons. The van der Waals surface area contributed by atoms with Crippen LogP contribution in [0.5, 0.6) is 0 Å². The number of aliphatic hydroxyl groups excluding tert-OH is 1. The average Bonchev–Trinajstić information content (AvgIpc) is 2.68. The SMILES string of the molecule is OC(Cc1ccc(F)cc1)Cc1sccc1Br. The molecule has 17 heavy (non-hydrogen) atoms. The van der Waals surface area contributed by atoms with Crippen molar-refractivity contribution in [1.29, 1.82) is 0 Å². The zero-order valence-corrected chi connectivity index (χ0v) is 11.5. The highest BCUT2D eigenvalue weighted by Crippen LogP contribution is 2.24. The zero-order chi connectivity index (χ0) is 12.3. The third kappa shape index (κ3) is 3.63. The monoisotopic (exact) mass is 314 g/mol. The van der Waals surface area contributed by atoms with Crippen molar-refractivity contribution in [3.63, 3.8) is 0 Å². The predicted octanol–water partition coefficient (Wildman–Crippen LogP) is 3.80. The van der Waals surface area contributed by atoms with Crippen LogP contribution >= 0.6 is 27.3 Å². The maximum Gasteiger partial charge on any atom is 0.123 e. The molecular weight excluding hydrogens is 303 g/mol. The Morgan fingerprint density at radius 3 is 2.47 bits per heavy atom. The normalized spacial score (nSPS) is 12.6. The molecule has 2 rings (SSSR count). The first-order chi connectivity index (χ1) is 8.15. The highest BCUT2D eigenvalue weighted by atomic mass is 79.9. The second-order valence-corrected chi connectivity index (χ2v) is 5.74. The molecule has 0 amide bonds. The van der Waals surface area contributed by atoms with Crippen LogP contribution in [0.15, 0.2) is 40.2 Å². The number of rotatable bonds is 4. The van der Waals surface area contributed by atoms with Gasteiger partial charge in [-0.3, -0.25) is 0 Å². The smallest absolute Gasteiger partial charge is 0.123 e. The van der Waals surface area contributed by atoms with Crippen molar-refractivity contribution in [2.45, 2.75) is 18.9 Å². The molecular formula is C13H12BrFOS. The molecule has 1 N–H and O–H groups in total. The van der Waals surface area contributed by atoms with E-state index < -0.39 is 6.10 Å². The van der Waals surface area contributed by atoms with Gasteiger partial charge in [0.15, 0.2) is 0 Å². The quantitative estimate of drug-likeness (QED) is 0.910. The lowest BCUT2D eigenvalue weighted by atomic mass is 10.1. The molecule has 0 aliphatic carbocycles. The van der Waals surface area contributed by atoms with Crippen LogP contribution in [0.25, 0.3) is 0 Å². The number of hydrogen-bond donors (Lipinski definition) is 1. The molecule has 1 aromatic carbocycles. The molecule has 0 spiro atoms. The first kappa shape index (κ1) is 12.7. The second-order valence-electron chi connectivity index (χ2n) is 3.88. The Balaban J connectivity index is 1.95. The van der Waals surface area contributed by atoms with Crippen molar-refractivity contribution in [3.05, 3.63) is 56.4 Å². The molecule has 0 aliphatic rings. The Labute approximate surface area is 112 Å². The van der Waals surface area contributed by atoms with Crippen LogP contribution in [0.3, 0.4) is 0 Å². The van der Waals surface area contributed by atoms with E-state index in [1.54, 1.807) is 23.5 Å². The second kappa shape index (κ2) is 5.76. The van der Waals surface area contributed by atoms with E-state index in [4.69, 9.17) is 0 Å². The van der Waals surface area contributed by atoms with Gasteiger partial charge in [-0.2, -0.15) is 0 Å². The summed E-state index contributed by atoms with van der Waals surface area (Å²) in [4.78, 5) is 1.14. The Kier molecular flexibility index (Phi) is 4.31. The maximum absolute atomic E-state index is 12.7. The van der Waals surface area contributed by atoms with E-state index in [0.29, 0.717) is 12.8 Å². The van der Waals surface area contributed by atoms with Gasteiger partial charge >= 0.3 is 0 Å². The van der Waals surface area contributed by atoms with Gasteiger partial charge in [-0.15, -0.1) is 11.3 Å². The molecule has 4 heteroatoms. The van der Waals surface area contributed by atoms with Crippen molar-refractivity contribution in [2.75, 3.05) is 0 Å². The molecule has 0 bridgehead atoms. The highest BCUT2D eigenvalue weighted by molar-refractivity contribution is 9.10. The minimum absolute atomic E-state index is 0.246. The molecule has 0 aliphatic heterocycles.